The van der Waals surface area contributed by atoms with Gasteiger partial charge in [-0.25, -0.2) is 0 Å². The van der Waals surface area contributed by atoms with E-state index in [0.29, 0.717) is 0 Å². The van der Waals surface area contributed by atoms with Crippen LogP contribution in [-0.4, -0.2) is 26.2 Å². The van der Waals surface area contributed by atoms with Crippen molar-refractivity contribution in [3.05, 3.63) is 29.8 Å². The molecule has 2 rings (SSSR count). The van der Waals surface area contributed by atoms with Crippen molar-refractivity contribution in [2.24, 2.45) is 5.92 Å². The van der Waals surface area contributed by atoms with Gasteiger partial charge in [-0.3, -0.25) is 0 Å². The lowest BCUT2D eigenvalue weighted by Gasteiger charge is -2.25. The Hall–Kier alpha value is -1.02. The molecule has 100 valence electrons. The highest BCUT2D eigenvalue weighted by Crippen LogP contribution is 2.21. The van der Waals surface area contributed by atoms with Crippen molar-refractivity contribution in [2.75, 3.05) is 31.1 Å². The third-order valence-electron chi connectivity index (χ3n) is 4.04. The standard InChI is InChI=1S/C16H26N2/c1-3-18(16-9-5-4-7-14(16)2)12-6-8-15-10-11-17-13-15/h4-5,7,9,15,17H,3,6,8,10-13H2,1-2H3. The molecule has 1 atom stereocenters. The molecule has 1 N–H and O–H groups in total. The van der Waals surface area contributed by atoms with Crippen molar-refractivity contribution in [3.63, 3.8) is 0 Å². The molecule has 0 spiro atoms. The monoisotopic (exact) mass is 246 g/mol. The van der Waals surface area contributed by atoms with Gasteiger partial charge in [-0.2, -0.15) is 0 Å². The minimum absolute atomic E-state index is 0.917. The Labute approximate surface area is 111 Å². The number of hydrogen-bond donors (Lipinski definition) is 1. The maximum Gasteiger partial charge on any atom is 0.0395 e. The van der Waals surface area contributed by atoms with E-state index in [0.717, 1.165) is 12.5 Å². The molecule has 1 saturated heterocycles. The van der Waals surface area contributed by atoms with Crippen LogP contribution in [0.25, 0.3) is 0 Å². The highest BCUT2D eigenvalue weighted by molar-refractivity contribution is 5.52. The van der Waals surface area contributed by atoms with Crippen molar-refractivity contribution >= 4 is 5.69 Å². The second-order valence-electron chi connectivity index (χ2n) is 5.37. The lowest BCUT2D eigenvalue weighted by atomic mass is 10.0. The summed E-state index contributed by atoms with van der Waals surface area (Å²) in [5, 5.41) is 3.45. The van der Waals surface area contributed by atoms with E-state index >= 15 is 0 Å². The average molecular weight is 246 g/mol. The van der Waals surface area contributed by atoms with Gasteiger partial charge in [0, 0.05) is 18.8 Å². The lowest BCUT2D eigenvalue weighted by molar-refractivity contribution is 0.508. The predicted molar refractivity (Wildman–Crippen MR) is 79.3 cm³/mol. The fourth-order valence-corrected chi connectivity index (χ4v) is 2.90. The van der Waals surface area contributed by atoms with Crippen LogP contribution < -0.4 is 10.2 Å². The van der Waals surface area contributed by atoms with E-state index in [1.165, 1.54) is 50.1 Å². The Balaban J connectivity index is 1.83. The smallest absolute Gasteiger partial charge is 0.0395 e. The van der Waals surface area contributed by atoms with E-state index < -0.39 is 0 Å². The number of rotatable bonds is 6. The fourth-order valence-electron chi connectivity index (χ4n) is 2.90. The molecule has 1 fully saturated rings. The molecule has 0 amide bonds. The maximum atomic E-state index is 3.45. The normalized spacial score (nSPS) is 19.1. The lowest BCUT2D eigenvalue weighted by Crippen LogP contribution is -2.25. The second-order valence-corrected chi connectivity index (χ2v) is 5.37. The molecule has 1 aromatic carbocycles. The SMILES string of the molecule is CCN(CCCC1CCNC1)c1ccccc1C. The van der Waals surface area contributed by atoms with Crippen LogP contribution in [0.3, 0.4) is 0 Å². The largest absolute Gasteiger partial charge is 0.372 e. The van der Waals surface area contributed by atoms with Crippen LogP contribution in [0.5, 0.6) is 0 Å². The van der Waals surface area contributed by atoms with Gasteiger partial charge < -0.3 is 10.2 Å². The van der Waals surface area contributed by atoms with Gasteiger partial charge in [-0.1, -0.05) is 18.2 Å². The summed E-state index contributed by atoms with van der Waals surface area (Å²) in [6, 6.07) is 8.72. The van der Waals surface area contributed by atoms with Gasteiger partial charge in [-0.05, 0) is 63.7 Å². The molecular formula is C16H26N2. The van der Waals surface area contributed by atoms with Crippen LogP contribution in [0.1, 0.15) is 31.7 Å². The molecular weight excluding hydrogens is 220 g/mol. The molecule has 0 aliphatic carbocycles. The highest BCUT2D eigenvalue weighted by atomic mass is 15.1. The van der Waals surface area contributed by atoms with Gasteiger partial charge >= 0.3 is 0 Å². The number of para-hydroxylation sites is 1. The zero-order valence-electron chi connectivity index (χ0n) is 11.8. The van der Waals surface area contributed by atoms with Gasteiger partial charge in [0.05, 0.1) is 0 Å². The number of anilines is 1. The number of nitrogens with one attached hydrogen (secondary N) is 1. The minimum atomic E-state index is 0.917. The van der Waals surface area contributed by atoms with Crippen LogP contribution in [-0.2, 0) is 0 Å². The van der Waals surface area contributed by atoms with Gasteiger partial charge in [0.2, 0.25) is 0 Å². The molecule has 0 radical (unpaired) electrons. The Morgan fingerprint density at radius 3 is 2.83 bits per heavy atom. The predicted octanol–water partition coefficient (Wildman–Crippen LogP) is 3.21. The summed E-state index contributed by atoms with van der Waals surface area (Å²) in [5.41, 5.74) is 2.80. The van der Waals surface area contributed by atoms with Crippen LogP contribution in [0.4, 0.5) is 5.69 Å². The summed E-state index contributed by atoms with van der Waals surface area (Å²) >= 11 is 0. The quantitative estimate of drug-likeness (QED) is 0.829. The fraction of sp³-hybridized carbons (Fsp3) is 0.625. The van der Waals surface area contributed by atoms with Crippen molar-refractivity contribution in [1.29, 1.82) is 0 Å². The summed E-state index contributed by atoms with van der Waals surface area (Å²) in [4.78, 5) is 2.51. The van der Waals surface area contributed by atoms with Crippen molar-refractivity contribution in [1.82, 2.24) is 5.32 Å². The molecule has 1 unspecified atom stereocenters. The van der Waals surface area contributed by atoms with E-state index in [9.17, 15) is 0 Å². The Morgan fingerprint density at radius 2 is 2.17 bits per heavy atom. The molecule has 2 heteroatoms. The summed E-state index contributed by atoms with van der Waals surface area (Å²) in [6.45, 7) is 9.21. The van der Waals surface area contributed by atoms with Crippen LogP contribution in [0.15, 0.2) is 24.3 Å². The molecule has 0 saturated carbocycles. The van der Waals surface area contributed by atoms with Gasteiger partial charge in [0.25, 0.3) is 0 Å². The molecule has 2 nitrogen and oxygen atoms in total. The highest BCUT2D eigenvalue weighted by Gasteiger charge is 2.14. The first kappa shape index (κ1) is 13.4. The topological polar surface area (TPSA) is 15.3 Å². The third-order valence-corrected chi connectivity index (χ3v) is 4.04. The summed E-state index contributed by atoms with van der Waals surface area (Å²) in [6.07, 6.45) is 4.06. The number of hydrogen-bond acceptors (Lipinski definition) is 2. The van der Waals surface area contributed by atoms with Crippen molar-refractivity contribution in [3.8, 4) is 0 Å². The molecule has 1 aliphatic heterocycles. The van der Waals surface area contributed by atoms with Crippen LogP contribution in [0, 0.1) is 12.8 Å². The summed E-state index contributed by atoms with van der Waals surface area (Å²) in [5.74, 6) is 0.917. The number of aryl methyl sites for hydroxylation is 1. The average Bonchev–Trinajstić information content (AvgIpc) is 2.89. The molecule has 18 heavy (non-hydrogen) atoms. The van der Waals surface area contributed by atoms with Gasteiger partial charge in [-0.15, -0.1) is 0 Å². The zero-order chi connectivity index (χ0) is 12.8. The second kappa shape index (κ2) is 6.79. The molecule has 0 bridgehead atoms. The first-order valence-electron chi connectivity index (χ1n) is 7.32. The maximum absolute atomic E-state index is 3.45. The first-order chi connectivity index (χ1) is 8.81. The zero-order valence-corrected chi connectivity index (χ0v) is 11.8. The first-order valence-corrected chi connectivity index (χ1v) is 7.32. The minimum Gasteiger partial charge on any atom is -0.372 e. The summed E-state index contributed by atoms with van der Waals surface area (Å²) < 4.78 is 0. The van der Waals surface area contributed by atoms with E-state index in [1.807, 2.05) is 0 Å². The van der Waals surface area contributed by atoms with Crippen molar-refractivity contribution < 1.29 is 0 Å². The Bertz CT molecular complexity index is 356. The summed E-state index contributed by atoms with van der Waals surface area (Å²) in [7, 11) is 0. The molecule has 1 aromatic rings. The van der Waals surface area contributed by atoms with E-state index in [1.54, 1.807) is 0 Å². The number of nitrogens with zero attached hydrogens (tertiary/aromatic N) is 1. The van der Waals surface area contributed by atoms with Crippen LogP contribution >= 0.6 is 0 Å². The Morgan fingerprint density at radius 1 is 1.33 bits per heavy atom. The van der Waals surface area contributed by atoms with E-state index in [-0.39, 0.29) is 0 Å². The van der Waals surface area contributed by atoms with Gasteiger partial charge in [0.15, 0.2) is 0 Å². The van der Waals surface area contributed by atoms with E-state index in [4.69, 9.17) is 0 Å². The molecule has 1 aliphatic rings. The van der Waals surface area contributed by atoms with Gasteiger partial charge in [0.1, 0.15) is 0 Å². The third kappa shape index (κ3) is 3.49. The Kier molecular flexibility index (Phi) is 5.06. The van der Waals surface area contributed by atoms with Crippen LogP contribution in [0.2, 0.25) is 0 Å². The number of benzene rings is 1. The van der Waals surface area contributed by atoms with Crippen molar-refractivity contribution in [2.45, 2.75) is 33.1 Å². The van der Waals surface area contributed by atoms with E-state index in [2.05, 4.69) is 48.3 Å². The molecule has 1 heterocycles. The molecule has 0 aromatic heterocycles.